The van der Waals surface area contributed by atoms with Gasteiger partial charge in [0.1, 0.15) is 12.6 Å². The molecule has 0 unspecified atom stereocenters. The highest BCUT2D eigenvalue weighted by molar-refractivity contribution is 5.88. The molecule has 1 aromatic rings. The van der Waals surface area contributed by atoms with E-state index >= 15 is 0 Å². The van der Waals surface area contributed by atoms with Gasteiger partial charge >= 0.3 is 6.03 Å². The maximum absolute atomic E-state index is 12.7. The van der Waals surface area contributed by atoms with Crippen LogP contribution in [0.25, 0.3) is 0 Å². The topological polar surface area (TPSA) is 71.1 Å². The minimum atomic E-state index is -0.481. The standard InChI is InChI=1S/C19H25N3O4/c23-18(20-25-12-14-7-4-8-14)17-10-9-16-11-21(17)19(24)22(16)26-13-15-5-2-1-3-6-15/h1-3,5-6,14,16-17H,4,7-13H2,(H,20,23)/t16-,17+/m1/s1. The van der Waals surface area contributed by atoms with Crippen molar-refractivity contribution in [1.82, 2.24) is 15.4 Å². The second-order valence-corrected chi connectivity index (χ2v) is 7.34. The third-order valence-electron chi connectivity index (χ3n) is 5.56. The van der Waals surface area contributed by atoms with Crippen LogP contribution < -0.4 is 5.48 Å². The molecule has 26 heavy (non-hydrogen) atoms. The molecule has 2 bridgehead atoms. The number of piperidine rings is 1. The number of benzene rings is 1. The number of rotatable bonds is 7. The van der Waals surface area contributed by atoms with Crippen molar-refractivity contribution in [2.45, 2.75) is 50.8 Å². The zero-order valence-electron chi connectivity index (χ0n) is 14.8. The largest absolute Gasteiger partial charge is 0.345 e. The number of hydrogen-bond donors (Lipinski definition) is 1. The summed E-state index contributed by atoms with van der Waals surface area (Å²) in [4.78, 5) is 37.8. The molecule has 2 aliphatic heterocycles. The van der Waals surface area contributed by atoms with Gasteiger partial charge in [-0.1, -0.05) is 36.8 Å². The Labute approximate surface area is 153 Å². The molecule has 0 aromatic heterocycles. The first-order valence-electron chi connectivity index (χ1n) is 9.40. The Hall–Kier alpha value is -2.12. The average molecular weight is 359 g/mol. The Kier molecular flexibility index (Phi) is 5.08. The molecule has 1 N–H and O–H groups in total. The predicted octanol–water partition coefficient (Wildman–Crippen LogP) is 2.23. The third-order valence-corrected chi connectivity index (χ3v) is 5.56. The van der Waals surface area contributed by atoms with Crippen molar-refractivity contribution in [3.63, 3.8) is 0 Å². The third kappa shape index (κ3) is 3.54. The Bertz CT molecular complexity index is 649. The molecular formula is C19H25N3O4. The van der Waals surface area contributed by atoms with Gasteiger partial charge in [0.2, 0.25) is 0 Å². The van der Waals surface area contributed by atoms with E-state index in [1.165, 1.54) is 24.3 Å². The number of hydroxylamine groups is 3. The fourth-order valence-corrected chi connectivity index (χ4v) is 3.75. The molecule has 7 nitrogen and oxygen atoms in total. The van der Waals surface area contributed by atoms with Gasteiger partial charge in [-0.2, -0.15) is 5.06 Å². The summed E-state index contributed by atoms with van der Waals surface area (Å²) in [6, 6.07) is 9.04. The van der Waals surface area contributed by atoms with Gasteiger partial charge in [-0.05, 0) is 37.2 Å². The lowest BCUT2D eigenvalue weighted by Gasteiger charge is -2.29. The summed E-state index contributed by atoms with van der Waals surface area (Å²) in [6.45, 7) is 1.42. The summed E-state index contributed by atoms with van der Waals surface area (Å²) >= 11 is 0. The maximum Gasteiger partial charge on any atom is 0.345 e. The SMILES string of the molecule is O=C(NOCC1CCC1)[C@@H]1CC[C@@H]2CN1C(=O)N2OCc1ccccc1. The number of nitrogens with one attached hydrogen (secondary N) is 1. The molecule has 3 aliphatic rings. The Morgan fingerprint density at radius 1 is 1.15 bits per heavy atom. The van der Waals surface area contributed by atoms with Crippen molar-refractivity contribution in [3.05, 3.63) is 35.9 Å². The lowest BCUT2D eigenvalue weighted by Crippen LogP contribution is -2.50. The zero-order valence-corrected chi connectivity index (χ0v) is 14.8. The first-order chi connectivity index (χ1) is 12.7. The van der Waals surface area contributed by atoms with E-state index in [0.717, 1.165) is 12.0 Å². The molecule has 1 aliphatic carbocycles. The summed E-state index contributed by atoms with van der Waals surface area (Å²) in [5.74, 6) is 0.322. The van der Waals surface area contributed by atoms with E-state index in [0.29, 0.717) is 32.1 Å². The number of fused-ring (bicyclic) bond motifs is 2. The highest BCUT2D eigenvalue weighted by atomic mass is 16.7. The molecule has 7 heteroatoms. The van der Waals surface area contributed by atoms with Gasteiger partial charge in [-0.15, -0.1) is 0 Å². The molecule has 3 fully saturated rings. The van der Waals surface area contributed by atoms with Gasteiger partial charge in [0, 0.05) is 6.54 Å². The van der Waals surface area contributed by atoms with Crippen molar-refractivity contribution in [3.8, 4) is 0 Å². The number of urea groups is 1. The Morgan fingerprint density at radius 2 is 1.96 bits per heavy atom. The van der Waals surface area contributed by atoms with E-state index in [-0.39, 0.29) is 18.0 Å². The molecule has 3 amide bonds. The normalized spacial score (nSPS) is 25.3. The van der Waals surface area contributed by atoms with E-state index in [2.05, 4.69) is 5.48 Å². The van der Waals surface area contributed by atoms with E-state index in [4.69, 9.17) is 9.68 Å². The van der Waals surface area contributed by atoms with Crippen molar-refractivity contribution in [2.24, 2.45) is 5.92 Å². The van der Waals surface area contributed by atoms with Gasteiger partial charge < -0.3 is 4.90 Å². The molecular weight excluding hydrogens is 334 g/mol. The van der Waals surface area contributed by atoms with Crippen molar-refractivity contribution in [2.75, 3.05) is 13.2 Å². The van der Waals surface area contributed by atoms with Crippen LogP contribution in [0.1, 0.15) is 37.7 Å². The van der Waals surface area contributed by atoms with Crippen LogP contribution in [0.5, 0.6) is 0 Å². The Morgan fingerprint density at radius 3 is 2.69 bits per heavy atom. The number of carbonyl (C=O) groups excluding carboxylic acids is 2. The summed E-state index contributed by atoms with van der Waals surface area (Å²) in [5, 5.41) is 1.44. The molecule has 2 saturated heterocycles. The van der Waals surface area contributed by atoms with Crippen LogP contribution in [0.4, 0.5) is 4.79 Å². The molecule has 2 heterocycles. The van der Waals surface area contributed by atoms with E-state index < -0.39 is 6.04 Å². The summed E-state index contributed by atoms with van der Waals surface area (Å²) in [7, 11) is 0. The molecule has 0 spiro atoms. The lowest BCUT2D eigenvalue weighted by atomic mass is 9.86. The molecule has 4 rings (SSSR count). The first-order valence-corrected chi connectivity index (χ1v) is 9.40. The fraction of sp³-hybridized carbons (Fsp3) is 0.579. The monoisotopic (exact) mass is 359 g/mol. The molecule has 140 valence electrons. The summed E-state index contributed by atoms with van der Waals surface area (Å²) < 4.78 is 0. The van der Waals surface area contributed by atoms with E-state index in [1.54, 1.807) is 4.90 Å². The van der Waals surface area contributed by atoms with Gasteiger partial charge in [0.25, 0.3) is 5.91 Å². The van der Waals surface area contributed by atoms with Crippen LogP contribution in [0.3, 0.4) is 0 Å². The molecule has 2 atom stereocenters. The quantitative estimate of drug-likeness (QED) is 0.758. The van der Waals surface area contributed by atoms with Crippen LogP contribution in [0, 0.1) is 5.92 Å². The van der Waals surface area contributed by atoms with Crippen molar-refractivity contribution >= 4 is 11.9 Å². The average Bonchev–Trinajstić information content (AvgIpc) is 2.87. The van der Waals surface area contributed by atoms with Crippen molar-refractivity contribution in [1.29, 1.82) is 0 Å². The smallest absolute Gasteiger partial charge is 0.309 e. The van der Waals surface area contributed by atoms with Crippen LogP contribution in [-0.2, 0) is 21.1 Å². The number of amides is 3. The fourth-order valence-electron chi connectivity index (χ4n) is 3.75. The number of carbonyl (C=O) groups is 2. The highest BCUT2D eigenvalue weighted by Crippen LogP contribution is 2.31. The zero-order chi connectivity index (χ0) is 17.9. The van der Waals surface area contributed by atoms with Crippen LogP contribution in [-0.4, -0.2) is 47.1 Å². The highest BCUT2D eigenvalue weighted by Gasteiger charge is 2.48. The van der Waals surface area contributed by atoms with Crippen LogP contribution in [0.2, 0.25) is 0 Å². The van der Waals surface area contributed by atoms with Gasteiger partial charge in [-0.25, -0.2) is 10.3 Å². The number of hydrogen-bond acceptors (Lipinski definition) is 4. The van der Waals surface area contributed by atoms with Gasteiger partial charge in [-0.3, -0.25) is 14.5 Å². The van der Waals surface area contributed by atoms with Crippen molar-refractivity contribution < 1.29 is 19.3 Å². The first kappa shape index (κ1) is 17.3. The summed E-state index contributed by atoms with van der Waals surface area (Å²) in [5.41, 5.74) is 3.55. The molecule has 1 saturated carbocycles. The van der Waals surface area contributed by atoms with Crippen LogP contribution >= 0.6 is 0 Å². The lowest BCUT2D eigenvalue weighted by molar-refractivity contribution is -0.142. The number of nitrogens with zero attached hydrogens (tertiary/aromatic N) is 2. The minimum absolute atomic E-state index is 0.00570. The minimum Gasteiger partial charge on any atom is -0.309 e. The summed E-state index contributed by atoms with van der Waals surface area (Å²) in [6.07, 6.45) is 4.95. The second kappa shape index (κ2) is 7.63. The maximum atomic E-state index is 12.7. The van der Waals surface area contributed by atoms with Gasteiger partial charge in [0.05, 0.1) is 12.6 Å². The predicted molar refractivity (Wildman–Crippen MR) is 93.4 cm³/mol. The molecule has 0 radical (unpaired) electrons. The molecule has 1 aromatic carbocycles. The Balaban J connectivity index is 1.29. The van der Waals surface area contributed by atoms with Gasteiger partial charge in [0.15, 0.2) is 0 Å². The van der Waals surface area contributed by atoms with E-state index in [1.807, 2.05) is 30.3 Å². The van der Waals surface area contributed by atoms with E-state index in [9.17, 15) is 9.59 Å². The van der Waals surface area contributed by atoms with Crippen LogP contribution in [0.15, 0.2) is 30.3 Å². The second-order valence-electron chi connectivity index (χ2n) is 7.34.